The third kappa shape index (κ3) is 6.80. The summed E-state index contributed by atoms with van der Waals surface area (Å²) >= 11 is 1.34. The molecule has 1 saturated heterocycles. The predicted molar refractivity (Wildman–Crippen MR) is 154 cm³/mol. The molecule has 9 nitrogen and oxygen atoms in total. The van der Waals surface area contributed by atoms with Crippen LogP contribution in [-0.2, 0) is 16.1 Å². The first-order valence-corrected chi connectivity index (χ1v) is 14.0. The first kappa shape index (κ1) is 28.4. The Morgan fingerprint density at radius 3 is 2.37 bits per heavy atom. The fourth-order valence-electron chi connectivity index (χ4n) is 4.56. The standard InChI is InChI=1S/C31H29N3O6S/c1-19-26(18-41-29-25(30(37)38)5-3-15-33-29)39-31(40-27(19)21-8-6-20(17-35)7-9-21)22-10-12-24(13-11-22)34-28(36)23-4-2-14-32-16-23/h2-16,19,26-27,31,35H,17-18H2,1H3,(H,34,36)(H,37,38)/t19-,26+,27+,31+/m0/s1. The van der Waals surface area contributed by atoms with Crippen LogP contribution in [0.1, 0.15) is 56.7 Å². The van der Waals surface area contributed by atoms with Gasteiger partial charge in [-0.3, -0.25) is 9.78 Å². The summed E-state index contributed by atoms with van der Waals surface area (Å²) in [5.41, 5.74) is 3.74. The molecule has 41 heavy (non-hydrogen) atoms. The summed E-state index contributed by atoms with van der Waals surface area (Å²) in [5.74, 6) is -0.905. The van der Waals surface area contributed by atoms with Crippen molar-refractivity contribution in [2.75, 3.05) is 11.1 Å². The van der Waals surface area contributed by atoms with E-state index < -0.39 is 12.3 Å². The number of carboxylic acid groups (broad SMARTS) is 1. The molecule has 2 aromatic carbocycles. The van der Waals surface area contributed by atoms with Gasteiger partial charge in [-0.25, -0.2) is 9.78 Å². The lowest BCUT2D eigenvalue weighted by Gasteiger charge is -2.41. The van der Waals surface area contributed by atoms with Crippen molar-refractivity contribution in [3.8, 4) is 0 Å². The van der Waals surface area contributed by atoms with Gasteiger partial charge in [0.05, 0.1) is 29.9 Å². The number of nitrogens with zero attached hydrogens (tertiary/aromatic N) is 2. The summed E-state index contributed by atoms with van der Waals surface area (Å²) in [6, 6.07) is 21.4. The molecule has 0 bridgehead atoms. The molecular weight excluding hydrogens is 542 g/mol. The molecule has 210 valence electrons. The average molecular weight is 572 g/mol. The minimum Gasteiger partial charge on any atom is -0.478 e. The van der Waals surface area contributed by atoms with Gasteiger partial charge in [0.15, 0.2) is 6.29 Å². The van der Waals surface area contributed by atoms with E-state index >= 15 is 0 Å². The van der Waals surface area contributed by atoms with Crippen molar-refractivity contribution in [1.29, 1.82) is 0 Å². The largest absolute Gasteiger partial charge is 0.478 e. The van der Waals surface area contributed by atoms with Crippen LogP contribution in [0.25, 0.3) is 0 Å². The number of carbonyl (C=O) groups excluding carboxylic acids is 1. The van der Waals surface area contributed by atoms with Crippen LogP contribution in [0.3, 0.4) is 0 Å². The monoisotopic (exact) mass is 571 g/mol. The summed E-state index contributed by atoms with van der Waals surface area (Å²) in [6.07, 6.45) is 3.37. The Hall–Kier alpha value is -4.09. The van der Waals surface area contributed by atoms with Gasteiger partial charge in [0.25, 0.3) is 5.91 Å². The first-order chi connectivity index (χ1) is 19.9. The molecule has 4 atom stereocenters. The zero-order chi connectivity index (χ0) is 28.8. The maximum atomic E-state index is 12.5. The Balaban J connectivity index is 1.36. The number of aromatic carboxylic acids is 1. The maximum absolute atomic E-state index is 12.5. The number of aromatic nitrogens is 2. The highest BCUT2D eigenvalue weighted by Crippen LogP contribution is 2.43. The molecule has 0 spiro atoms. The molecule has 1 amide bonds. The van der Waals surface area contributed by atoms with E-state index in [1.165, 1.54) is 24.0 Å². The number of hydrogen-bond donors (Lipinski definition) is 3. The Bertz CT molecular complexity index is 1480. The van der Waals surface area contributed by atoms with Crippen LogP contribution in [0.4, 0.5) is 5.69 Å². The molecule has 1 fully saturated rings. The molecule has 10 heteroatoms. The highest BCUT2D eigenvalue weighted by molar-refractivity contribution is 7.99. The van der Waals surface area contributed by atoms with E-state index in [4.69, 9.17) is 9.47 Å². The molecule has 1 aliphatic rings. The third-order valence-electron chi connectivity index (χ3n) is 6.87. The molecule has 0 radical (unpaired) electrons. The molecule has 5 rings (SSSR count). The average Bonchev–Trinajstić information content (AvgIpc) is 3.01. The van der Waals surface area contributed by atoms with Gasteiger partial charge >= 0.3 is 5.97 Å². The van der Waals surface area contributed by atoms with Crippen molar-refractivity contribution in [2.24, 2.45) is 5.92 Å². The third-order valence-corrected chi connectivity index (χ3v) is 7.97. The fourth-order valence-corrected chi connectivity index (χ4v) is 5.71. The number of benzene rings is 2. The van der Waals surface area contributed by atoms with Crippen LogP contribution in [0.5, 0.6) is 0 Å². The molecule has 2 aromatic heterocycles. The molecular formula is C31H29N3O6S. The number of nitrogens with one attached hydrogen (secondary N) is 1. The number of rotatable bonds is 9. The number of pyridine rings is 2. The Labute approximate surface area is 241 Å². The first-order valence-electron chi connectivity index (χ1n) is 13.1. The number of hydrogen-bond acceptors (Lipinski definition) is 8. The Kier molecular flexibility index (Phi) is 9.05. The normalized spacial score (nSPS) is 20.3. The maximum Gasteiger partial charge on any atom is 0.338 e. The van der Waals surface area contributed by atoms with Crippen molar-refractivity contribution in [1.82, 2.24) is 9.97 Å². The molecule has 0 unspecified atom stereocenters. The van der Waals surface area contributed by atoms with E-state index in [0.717, 1.165) is 16.7 Å². The molecule has 4 aromatic rings. The van der Waals surface area contributed by atoms with Gasteiger partial charge in [0.1, 0.15) is 5.03 Å². The number of ether oxygens (including phenoxy) is 2. The molecule has 0 aliphatic carbocycles. The highest BCUT2D eigenvalue weighted by atomic mass is 32.2. The van der Waals surface area contributed by atoms with Crippen LogP contribution in [-0.4, -0.2) is 43.9 Å². The lowest BCUT2D eigenvalue weighted by molar-refractivity contribution is -0.268. The number of carboxylic acids is 1. The number of anilines is 1. The second-order valence-electron chi connectivity index (χ2n) is 9.61. The van der Waals surface area contributed by atoms with Crippen molar-refractivity contribution in [3.05, 3.63) is 119 Å². The summed E-state index contributed by atoms with van der Waals surface area (Å²) in [6.45, 7) is 1.99. The quantitative estimate of drug-likeness (QED) is 0.223. The Morgan fingerprint density at radius 1 is 0.951 bits per heavy atom. The lowest BCUT2D eigenvalue weighted by Crippen LogP contribution is -2.38. The van der Waals surface area contributed by atoms with Gasteiger partial charge in [0.2, 0.25) is 0 Å². The summed E-state index contributed by atoms with van der Waals surface area (Å²) in [4.78, 5) is 32.5. The highest BCUT2D eigenvalue weighted by Gasteiger charge is 2.38. The second kappa shape index (κ2) is 13.0. The van der Waals surface area contributed by atoms with Crippen LogP contribution >= 0.6 is 11.8 Å². The van der Waals surface area contributed by atoms with E-state index in [0.29, 0.717) is 22.0 Å². The molecule has 3 heterocycles. The van der Waals surface area contributed by atoms with E-state index in [-0.39, 0.29) is 36.2 Å². The topological polar surface area (TPSA) is 131 Å². The summed E-state index contributed by atoms with van der Waals surface area (Å²) < 4.78 is 12.9. The van der Waals surface area contributed by atoms with Gasteiger partial charge < -0.3 is 25.0 Å². The zero-order valence-electron chi connectivity index (χ0n) is 22.2. The van der Waals surface area contributed by atoms with E-state index in [1.54, 1.807) is 42.7 Å². The fraction of sp³-hybridized carbons (Fsp3) is 0.226. The Morgan fingerprint density at radius 2 is 1.68 bits per heavy atom. The molecule has 1 aliphatic heterocycles. The number of amides is 1. The van der Waals surface area contributed by atoms with Gasteiger partial charge in [0, 0.05) is 41.5 Å². The SMILES string of the molecule is C[C@H]1[C@@H](CSc2ncccc2C(=O)O)O[C@@H](c2ccc(NC(=O)c3cccnc3)cc2)O[C@H]1c1ccc(CO)cc1. The van der Waals surface area contributed by atoms with Crippen LogP contribution < -0.4 is 5.32 Å². The molecule has 3 N–H and O–H groups in total. The van der Waals surface area contributed by atoms with Crippen LogP contribution in [0, 0.1) is 5.92 Å². The van der Waals surface area contributed by atoms with Crippen molar-refractivity contribution >= 4 is 29.3 Å². The van der Waals surface area contributed by atoms with E-state index in [2.05, 4.69) is 15.3 Å². The smallest absolute Gasteiger partial charge is 0.338 e. The minimum atomic E-state index is -1.03. The van der Waals surface area contributed by atoms with E-state index in [1.807, 2.05) is 43.3 Å². The number of aliphatic hydroxyl groups excluding tert-OH is 1. The van der Waals surface area contributed by atoms with E-state index in [9.17, 15) is 19.8 Å². The number of thioether (sulfide) groups is 1. The number of aliphatic hydroxyl groups is 1. The van der Waals surface area contributed by atoms with Gasteiger partial charge in [-0.05, 0) is 47.5 Å². The predicted octanol–water partition coefficient (Wildman–Crippen LogP) is 5.50. The van der Waals surface area contributed by atoms with Gasteiger partial charge in [-0.1, -0.05) is 43.3 Å². The van der Waals surface area contributed by atoms with Crippen LogP contribution in [0.15, 0.2) is 96.4 Å². The van der Waals surface area contributed by atoms with Crippen molar-refractivity contribution in [3.63, 3.8) is 0 Å². The number of carbonyl (C=O) groups is 2. The van der Waals surface area contributed by atoms with Crippen molar-refractivity contribution in [2.45, 2.75) is 37.1 Å². The van der Waals surface area contributed by atoms with Gasteiger partial charge in [-0.15, -0.1) is 11.8 Å². The van der Waals surface area contributed by atoms with Gasteiger partial charge in [-0.2, -0.15) is 0 Å². The minimum absolute atomic E-state index is 0.0496. The summed E-state index contributed by atoms with van der Waals surface area (Å²) in [5, 5.41) is 22.3. The second-order valence-corrected chi connectivity index (χ2v) is 10.6. The van der Waals surface area contributed by atoms with Crippen molar-refractivity contribution < 1.29 is 29.3 Å². The zero-order valence-corrected chi connectivity index (χ0v) is 23.0. The summed E-state index contributed by atoms with van der Waals surface area (Å²) in [7, 11) is 0. The molecule has 0 saturated carbocycles. The lowest BCUT2D eigenvalue weighted by atomic mass is 9.91. The van der Waals surface area contributed by atoms with Crippen LogP contribution in [0.2, 0.25) is 0 Å².